The molecule has 1 amide bonds. The number of fused-ring (bicyclic) bond motifs is 1. The molecule has 2 aromatic carbocycles. The molecule has 1 heterocycles. The summed E-state index contributed by atoms with van der Waals surface area (Å²) in [4.78, 5) is 37.2. The maximum Gasteiger partial charge on any atom is 0.308 e. The second-order valence-corrected chi connectivity index (χ2v) is 12.1. The first-order valence-corrected chi connectivity index (χ1v) is 13.6. The summed E-state index contributed by atoms with van der Waals surface area (Å²) >= 11 is 12.2. The van der Waals surface area contributed by atoms with Crippen LogP contribution in [0.15, 0.2) is 42.5 Å². The largest absolute Gasteiger partial charge is 0.452 e. The molecule has 0 unspecified atom stereocenters. The number of piperidine rings is 1. The topological polar surface area (TPSA) is 81.7 Å². The number of ether oxygens (including phenoxy) is 2. The van der Waals surface area contributed by atoms with Gasteiger partial charge in [-0.15, -0.1) is 0 Å². The van der Waals surface area contributed by atoms with E-state index < -0.39 is 17.0 Å². The molecular formula is C29H35Cl2N2O5+. The summed E-state index contributed by atoms with van der Waals surface area (Å²) in [7, 11) is 4.30. The lowest BCUT2D eigenvalue weighted by Gasteiger charge is -2.60. The van der Waals surface area contributed by atoms with E-state index in [0.29, 0.717) is 46.1 Å². The summed E-state index contributed by atoms with van der Waals surface area (Å²) in [5, 5.41) is 4.08. The lowest BCUT2D eigenvalue weighted by molar-refractivity contribution is -0.904. The normalized spacial score (nSPS) is 26.1. The molecule has 1 saturated heterocycles. The molecule has 2 aliphatic rings. The van der Waals surface area contributed by atoms with Crippen molar-refractivity contribution in [2.45, 2.75) is 63.0 Å². The Balaban J connectivity index is 1.68. The summed E-state index contributed by atoms with van der Waals surface area (Å²) in [5.41, 5.74) is 0.394. The second kappa shape index (κ2) is 10.9. The summed E-state index contributed by atoms with van der Waals surface area (Å²) in [5.74, 6) is -0.381. The van der Waals surface area contributed by atoms with Crippen molar-refractivity contribution in [1.29, 1.82) is 0 Å². The Labute approximate surface area is 234 Å². The van der Waals surface area contributed by atoms with E-state index in [1.807, 2.05) is 18.2 Å². The van der Waals surface area contributed by atoms with Crippen LogP contribution in [0.3, 0.4) is 0 Å². The van der Waals surface area contributed by atoms with E-state index in [2.05, 4.69) is 19.4 Å². The number of hydrogen-bond acceptors (Lipinski definition) is 5. The van der Waals surface area contributed by atoms with Crippen molar-refractivity contribution in [2.75, 3.05) is 27.2 Å². The van der Waals surface area contributed by atoms with E-state index in [1.54, 1.807) is 24.3 Å². The van der Waals surface area contributed by atoms with Gasteiger partial charge in [0.05, 0.1) is 37.1 Å². The van der Waals surface area contributed by atoms with Crippen LogP contribution in [0.4, 0.5) is 0 Å². The molecular weight excluding hydrogens is 527 g/mol. The van der Waals surface area contributed by atoms with Gasteiger partial charge in [-0.3, -0.25) is 14.4 Å². The van der Waals surface area contributed by atoms with Crippen LogP contribution in [0.5, 0.6) is 5.75 Å². The minimum atomic E-state index is -0.764. The third kappa shape index (κ3) is 6.00. The maximum atomic E-state index is 13.1. The maximum absolute atomic E-state index is 13.1. The number of nitrogens with zero attached hydrogens (tertiary/aromatic N) is 1. The number of rotatable bonds is 6. The van der Waals surface area contributed by atoms with E-state index in [-0.39, 0.29) is 24.3 Å². The van der Waals surface area contributed by atoms with Crippen LogP contribution in [0, 0.1) is 0 Å². The first-order chi connectivity index (χ1) is 17.8. The van der Waals surface area contributed by atoms with Gasteiger partial charge in [-0.05, 0) is 54.7 Å². The highest BCUT2D eigenvalue weighted by Gasteiger charge is 2.64. The molecule has 1 N–H and O–H groups in total. The number of carbonyl (C=O) groups is 3. The number of likely N-dealkylation sites (N-methyl/N-ethyl adjacent to an activating group) is 1. The zero-order valence-corrected chi connectivity index (χ0v) is 23.8. The van der Waals surface area contributed by atoms with Crippen LogP contribution in [0.1, 0.15) is 50.7 Å². The predicted octanol–water partition coefficient (Wildman–Crippen LogP) is 4.85. The van der Waals surface area contributed by atoms with Gasteiger partial charge in [0.15, 0.2) is 5.60 Å². The fourth-order valence-electron chi connectivity index (χ4n) is 6.42. The molecule has 0 spiro atoms. The molecule has 38 heavy (non-hydrogen) atoms. The Kier molecular flexibility index (Phi) is 8.12. The van der Waals surface area contributed by atoms with E-state index in [1.165, 1.54) is 13.8 Å². The number of benzene rings is 2. The van der Waals surface area contributed by atoms with Crippen LogP contribution in [0.2, 0.25) is 10.0 Å². The summed E-state index contributed by atoms with van der Waals surface area (Å²) < 4.78 is 12.4. The Morgan fingerprint density at radius 2 is 1.79 bits per heavy atom. The third-order valence-corrected chi connectivity index (χ3v) is 8.63. The zero-order valence-electron chi connectivity index (χ0n) is 22.3. The van der Waals surface area contributed by atoms with Crippen LogP contribution in [-0.2, 0) is 31.0 Å². The molecule has 0 aromatic heterocycles. The average Bonchev–Trinajstić information content (AvgIpc) is 2.80. The summed E-state index contributed by atoms with van der Waals surface area (Å²) in [6.07, 6.45) is 2.80. The Morgan fingerprint density at radius 3 is 2.47 bits per heavy atom. The average molecular weight is 563 g/mol. The quantitative estimate of drug-likeness (QED) is 0.309. The van der Waals surface area contributed by atoms with Crippen molar-refractivity contribution < 1.29 is 28.3 Å². The monoisotopic (exact) mass is 561 g/mol. The number of carbonyl (C=O) groups excluding carboxylic acids is 3. The van der Waals surface area contributed by atoms with Gasteiger partial charge in [-0.1, -0.05) is 41.4 Å². The lowest BCUT2D eigenvalue weighted by Crippen LogP contribution is -2.71. The van der Waals surface area contributed by atoms with Gasteiger partial charge in [0.2, 0.25) is 5.91 Å². The number of quaternary nitrogens is 1. The number of amides is 1. The van der Waals surface area contributed by atoms with Gasteiger partial charge in [0.25, 0.3) is 0 Å². The molecule has 7 nitrogen and oxygen atoms in total. The van der Waals surface area contributed by atoms with E-state index in [0.717, 1.165) is 24.1 Å². The molecule has 2 aromatic rings. The van der Waals surface area contributed by atoms with Crippen molar-refractivity contribution >= 4 is 41.0 Å². The van der Waals surface area contributed by atoms with Crippen molar-refractivity contribution in [3.8, 4) is 5.75 Å². The fraction of sp³-hybridized carbons (Fsp3) is 0.483. The molecule has 4 rings (SSSR count). The van der Waals surface area contributed by atoms with Crippen LogP contribution in [-0.4, -0.2) is 61.2 Å². The summed E-state index contributed by atoms with van der Waals surface area (Å²) in [6.45, 7) is 4.34. The van der Waals surface area contributed by atoms with Crippen LogP contribution >= 0.6 is 23.2 Å². The van der Waals surface area contributed by atoms with E-state index >= 15 is 0 Å². The molecule has 1 aliphatic carbocycles. The number of likely N-dealkylation sites (tertiary alicyclic amines) is 1. The third-order valence-electron chi connectivity index (χ3n) is 7.89. The first-order valence-electron chi connectivity index (χ1n) is 12.9. The molecule has 204 valence electrons. The van der Waals surface area contributed by atoms with Crippen molar-refractivity contribution in [3.63, 3.8) is 0 Å². The molecule has 3 atom stereocenters. The SMILES string of the molecule is CC(=O)Oc1cccc([C@@]23CC[N+](C)(C)C[C@@]2(OC(C)=O)CC[C@@H](NC(=O)Cc2ccc(Cl)c(Cl)c2)C3)c1. The van der Waals surface area contributed by atoms with Crippen molar-refractivity contribution in [3.05, 3.63) is 63.6 Å². The molecule has 0 bridgehead atoms. The second-order valence-electron chi connectivity index (χ2n) is 11.3. The Morgan fingerprint density at radius 1 is 1.03 bits per heavy atom. The molecule has 1 aliphatic heterocycles. The zero-order chi connectivity index (χ0) is 27.7. The van der Waals surface area contributed by atoms with Gasteiger partial charge >= 0.3 is 11.9 Å². The highest BCUT2D eigenvalue weighted by molar-refractivity contribution is 6.42. The lowest BCUT2D eigenvalue weighted by atomic mass is 9.54. The van der Waals surface area contributed by atoms with Crippen LogP contribution < -0.4 is 10.1 Å². The van der Waals surface area contributed by atoms with E-state index in [4.69, 9.17) is 32.7 Å². The minimum Gasteiger partial charge on any atom is -0.452 e. The highest BCUT2D eigenvalue weighted by atomic mass is 35.5. The molecule has 9 heteroatoms. The highest BCUT2D eigenvalue weighted by Crippen LogP contribution is 2.55. The number of halogens is 2. The first kappa shape index (κ1) is 28.4. The minimum absolute atomic E-state index is 0.107. The van der Waals surface area contributed by atoms with Gasteiger partial charge in [-0.2, -0.15) is 0 Å². The Hall–Kier alpha value is -2.61. The van der Waals surface area contributed by atoms with Gasteiger partial charge in [0, 0.05) is 31.7 Å². The number of nitrogens with one attached hydrogen (secondary N) is 1. The van der Waals surface area contributed by atoms with E-state index in [9.17, 15) is 14.4 Å². The molecule has 0 radical (unpaired) electrons. The van der Waals surface area contributed by atoms with Crippen molar-refractivity contribution in [1.82, 2.24) is 5.32 Å². The molecule has 1 saturated carbocycles. The fourth-order valence-corrected chi connectivity index (χ4v) is 6.74. The van der Waals surface area contributed by atoms with Gasteiger partial charge in [0.1, 0.15) is 12.3 Å². The smallest absolute Gasteiger partial charge is 0.308 e. The standard InChI is InChI=1S/C29H34Cl2N2O5/c1-19(34)37-24-7-5-6-22(16-24)28-12-13-33(3,4)18-29(28,38-20(2)35)11-10-23(17-28)32-27(36)15-21-8-9-25(30)26(31)14-21/h5-9,14,16,23H,10-13,15,17-18H2,1-4H3/p+1/t23-,28+,29+/m1/s1. The predicted molar refractivity (Wildman–Crippen MR) is 146 cm³/mol. The summed E-state index contributed by atoms with van der Waals surface area (Å²) in [6, 6.07) is 12.6. The molecule has 2 fully saturated rings. The number of esters is 2. The Bertz CT molecular complexity index is 1250. The number of hydrogen-bond donors (Lipinski definition) is 1. The van der Waals surface area contributed by atoms with Gasteiger partial charge < -0.3 is 19.3 Å². The van der Waals surface area contributed by atoms with Crippen molar-refractivity contribution in [2.24, 2.45) is 0 Å². The van der Waals surface area contributed by atoms with Crippen LogP contribution in [0.25, 0.3) is 0 Å². The van der Waals surface area contributed by atoms with Gasteiger partial charge in [-0.25, -0.2) is 0 Å².